The summed E-state index contributed by atoms with van der Waals surface area (Å²) in [5.74, 6) is -0.350. The van der Waals surface area contributed by atoms with Crippen molar-refractivity contribution in [2.75, 3.05) is 0 Å². The molecule has 0 saturated heterocycles. The van der Waals surface area contributed by atoms with E-state index >= 15 is 0 Å². The van der Waals surface area contributed by atoms with Gasteiger partial charge in [-0.1, -0.05) is 24.3 Å². The molecule has 0 aliphatic heterocycles. The van der Waals surface area contributed by atoms with E-state index in [1.807, 2.05) is 6.07 Å². The third-order valence-electron chi connectivity index (χ3n) is 2.61. The smallest absolute Gasteiger partial charge is 0.308 e. The van der Waals surface area contributed by atoms with E-state index in [1.165, 1.54) is 19.1 Å². The number of ketones is 1. The highest BCUT2D eigenvalue weighted by atomic mass is 16.5. The summed E-state index contributed by atoms with van der Waals surface area (Å²) < 4.78 is 4.94. The molecule has 98 valence electrons. The molecule has 0 amide bonds. The maximum Gasteiger partial charge on any atom is 0.308 e. The Morgan fingerprint density at radius 1 is 1.05 bits per heavy atom. The number of benzene rings is 2. The molecule has 20 heavy (non-hydrogen) atoms. The lowest BCUT2D eigenvalue weighted by molar-refractivity contribution is -0.131. The summed E-state index contributed by atoms with van der Waals surface area (Å²) in [6, 6.07) is 14.8. The van der Waals surface area contributed by atoms with Gasteiger partial charge in [-0.05, 0) is 24.3 Å². The van der Waals surface area contributed by atoms with Gasteiger partial charge < -0.3 is 4.74 Å². The first-order valence-electron chi connectivity index (χ1n) is 5.93. The Balaban J connectivity index is 2.33. The Hall–Kier alpha value is -2.93. The van der Waals surface area contributed by atoms with Crippen molar-refractivity contribution in [3.8, 4) is 11.8 Å². The summed E-state index contributed by atoms with van der Waals surface area (Å²) in [5, 5.41) is 8.84. The van der Waals surface area contributed by atoms with Gasteiger partial charge in [-0.2, -0.15) is 5.26 Å². The van der Waals surface area contributed by atoms with Crippen molar-refractivity contribution in [2.45, 2.75) is 6.92 Å². The molecule has 0 bridgehead atoms. The van der Waals surface area contributed by atoms with Crippen molar-refractivity contribution in [3.63, 3.8) is 0 Å². The van der Waals surface area contributed by atoms with Gasteiger partial charge in [-0.3, -0.25) is 9.59 Å². The van der Waals surface area contributed by atoms with Crippen LogP contribution >= 0.6 is 0 Å². The summed E-state index contributed by atoms with van der Waals surface area (Å²) in [4.78, 5) is 23.2. The number of esters is 1. The van der Waals surface area contributed by atoms with Crippen molar-refractivity contribution < 1.29 is 14.3 Å². The zero-order valence-corrected chi connectivity index (χ0v) is 10.8. The molecule has 4 heteroatoms. The van der Waals surface area contributed by atoms with E-state index in [1.54, 1.807) is 36.4 Å². The molecule has 0 aliphatic carbocycles. The van der Waals surface area contributed by atoms with E-state index in [4.69, 9.17) is 10.00 Å². The molecule has 4 nitrogen and oxygen atoms in total. The molecule has 2 aromatic carbocycles. The average Bonchev–Trinajstić information content (AvgIpc) is 2.46. The summed E-state index contributed by atoms with van der Waals surface area (Å²) in [6.45, 7) is 1.30. The predicted molar refractivity (Wildman–Crippen MR) is 72.3 cm³/mol. The van der Waals surface area contributed by atoms with Crippen LogP contribution in [0.4, 0.5) is 0 Å². The Morgan fingerprint density at radius 3 is 2.35 bits per heavy atom. The molecular weight excluding hydrogens is 254 g/mol. The van der Waals surface area contributed by atoms with E-state index in [9.17, 15) is 9.59 Å². The maximum absolute atomic E-state index is 12.3. The van der Waals surface area contributed by atoms with Crippen LogP contribution < -0.4 is 4.74 Å². The Labute approximate surface area is 116 Å². The fourth-order valence-corrected chi connectivity index (χ4v) is 1.76. The molecule has 2 aromatic rings. The molecule has 0 saturated carbocycles. The summed E-state index contributed by atoms with van der Waals surface area (Å²) >= 11 is 0. The van der Waals surface area contributed by atoms with Crippen LogP contribution in [0.15, 0.2) is 48.5 Å². The average molecular weight is 265 g/mol. The highest BCUT2D eigenvalue weighted by Gasteiger charge is 2.11. The van der Waals surface area contributed by atoms with E-state index in [-0.39, 0.29) is 5.78 Å². The lowest BCUT2D eigenvalue weighted by atomic mass is 10.0. The van der Waals surface area contributed by atoms with Crippen LogP contribution in [0.1, 0.15) is 28.4 Å². The number of hydrogen-bond acceptors (Lipinski definition) is 4. The minimum atomic E-state index is -0.443. The van der Waals surface area contributed by atoms with Gasteiger partial charge in [-0.15, -0.1) is 0 Å². The second-order valence-corrected chi connectivity index (χ2v) is 4.14. The maximum atomic E-state index is 12.3. The van der Waals surface area contributed by atoms with Crippen LogP contribution in [0.5, 0.6) is 5.75 Å². The van der Waals surface area contributed by atoms with E-state index in [0.717, 1.165) is 0 Å². The van der Waals surface area contributed by atoms with Gasteiger partial charge in [0.15, 0.2) is 5.78 Å². The molecule has 0 fully saturated rings. The van der Waals surface area contributed by atoms with Gasteiger partial charge in [0.25, 0.3) is 0 Å². The van der Waals surface area contributed by atoms with E-state index in [0.29, 0.717) is 22.4 Å². The SMILES string of the molecule is CC(=O)Oc1cccc(C(=O)c2cccc(C#N)c2)c1. The normalized spacial score (nSPS) is 9.60. The molecule has 0 aromatic heterocycles. The van der Waals surface area contributed by atoms with Crippen molar-refractivity contribution >= 4 is 11.8 Å². The first-order valence-corrected chi connectivity index (χ1v) is 5.93. The van der Waals surface area contributed by atoms with Crippen molar-refractivity contribution in [1.29, 1.82) is 5.26 Å². The molecule has 0 radical (unpaired) electrons. The summed E-state index contributed by atoms with van der Waals surface area (Å²) in [7, 11) is 0. The van der Waals surface area contributed by atoms with Gasteiger partial charge in [0.05, 0.1) is 11.6 Å². The minimum Gasteiger partial charge on any atom is -0.427 e. The van der Waals surface area contributed by atoms with Gasteiger partial charge in [0.2, 0.25) is 0 Å². The standard InChI is InChI=1S/C16H11NO3/c1-11(18)20-15-7-3-6-14(9-15)16(19)13-5-2-4-12(8-13)10-17/h2-9H,1H3. The van der Waals surface area contributed by atoms with Gasteiger partial charge >= 0.3 is 5.97 Å². The number of nitriles is 1. The van der Waals surface area contributed by atoms with Gasteiger partial charge in [0.1, 0.15) is 5.75 Å². The number of carbonyl (C=O) groups is 2. The molecule has 0 atom stereocenters. The second-order valence-electron chi connectivity index (χ2n) is 4.14. The Morgan fingerprint density at radius 2 is 1.70 bits per heavy atom. The van der Waals surface area contributed by atoms with Crippen LogP contribution in [-0.2, 0) is 4.79 Å². The van der Waals surface area contributed by atoms with Crippen LogP contribution in [0.3, 0.4) is 0 Å². The van der Waals surface area contributed by atoms with Crippen molar-refractivity contribution in [2.24, 2.45) is 0 Å². The molecule has 2 rings (SSSR count). The van der Waals surface area contributed by atoms with Gasteiger partial charge in [0, 0.05) is 18.1 Å². The second kappa shape index (κ2) is 5.81. The molecule has 0 N–H and O–H groups in total. The Bertz CT molecular complexity index is 714. The third kappa shape index (κ3) is 3.09. The molecule has 0 aliphatic rings. The van der Waals surface area contributed by atoms with Crippen LogP contribution in [-0.4, -0.2) is 11.8 Å². The van der Waals surface area contributed by atoms with Crippen LogP contribution in [0, 0.1) is 11.3 Å². The highest BCUT2D eigenvalue weighted by Crippen LogP contribution is 2.17. The molecule has 0 unspecified atom stereocenters. The highest BCUT2D eigenvalue weighted by molar-refractivity contribution is 6.09. The summed E-state index contributed by atoms with van der Waals surface area (Å²) in [5.41, 5.74) is 1.25. The predicted octanol–water partition coefficient (Wildman–Crippen LogP) is 2.71. The van der Waals surface area contributed by atoms with Crippen molar-refractivity contribution in [3.05, 3.63) is 65.2 Å². The largest absolute Gasteiger partial charge is 0.427 e. The lowest BCUT2D eigenvalue weighted by Gasteiger charge is -2.05. The first kappa shape index (κ1) is 13.5. The quantitative estimate of drug-likeness (QED) is 0.486. The Kier molecular flexibility index (Phi) is 3.92. The molecule has 0 spiro atoms. The zero-order valence-electron chi connectivity index (χ0n) is 10.8. The number of carbonyl (C=O) groups excluding carboxylic acids is 2. The number of hydrogen-bond donors (Lipinski definition) is 0. The van der Waals surface area contributed by atoms with E-state index < -0.39 is 5.97 Å². The minimum absolute atomic E-state index is 0.226. The molecule has 0 heterocycles. The van der Waals surface area contributed by atoms with E-state index in [2.05, 4.69) is 0 Å². The monoisotopic (exact) mass is 265 g/mol. The third-order valence-corrected chi connectivity index (χ3v) is 2.61. The lowest BCUT2D eigenvalue weighted by Crippen LogP contribution is -2.04. The van der Waals surface area contributed by atoms with Gasteiger partial charge in [-0.25, -0.2) is 0 Å². The van der Waals surface area contributed by atoms with Crippen molar-refractivity contribution in [1.82, 2.24) is 0 Å². The summed E-state index contributed by atoms with van der Waals surface area (Å²) in [6.07, 6.45) is 0. The number of ether oxygens (including phenoxy) is 1. The van der Waals surface area contributed by atoms with Crippen LogP contribution in [0.25, 0.3) is 0 Å². The van der Waals surface area contributed by atoms with Crippen LogP contribution in [0.2, 0.25) is 0 Å². The fourth-order valence-electron chi connectivity index (χ4n) is 1.76. The number of rotatable bonds is 3. The fraction of sp³-hybridized carbons (Fsp3) is 0.0625. The zero-order chi connectivity index (χ0) is 14.5. The number of nitrogens with zero attached hydrogens (tertiary/aromatic N) is 1. The molecular formula is C16H11NO3. The first-order chi connectivity index (χ1) is 9.60. The topological polar surface area (TPSA) is 67.2 Å².